The van der Waals surface area contributed by atoms with Gasteiger partial charge in [0.25, 0.3) is 5.91 Å². The maximum atomic E-state index is 13.8. The second kappa shape index (κ2) is 7.72. The Morgan fingerprint density at radius 2 is 1.85 bits per heavy atom. The van der Waals surface area contributed by atoms with Crippen molar-refractivity contribution in [3.63, 3.8) is 0 Å². The smallest absolute Gasteiger partial charge is 0.255 e. The van der Waals surface area contributed by atoms with Crippen LogP contribution in [-0.4, -0.2) is 31.6 Å². The molecule has 1 fully saturated rings. The van der Waals surface area contributed by atoms with Crippen LogP contribution in [0.4, 0.5) is 4.39 Å². The van der Waals surface area contributed by atoms with Gasteiger partial charge in [0.05, 0.1) is 35.9 Å². The molecule has 1 heterocycles. The lowest BCUT2D eigenvalue weighted by molar-refractivity contribution is 0.0735. The quantitative estimate of drug-likeness (QED) is 0.671. The van der Waals surface area contributed by atoms with Crippen LogP contribution in [0.1, 0.15) is 34.8 Å². The summed E-state index contributed by atoms with van der Waals surface area (Å²) in [5.41, 5.74) is 1.04. The van der Waals surface area contributed by atoms with Crippen LogP contribution in [0.15, 0.2) is 30.3 Å². The molecule has 0 N–H and O–H groups in total. The van der Waals surface area contributed by atoms with Crippen molar-refractivity contribution in [2.45, 2.75) is 18.9 Å². The van der Waals surface area contributed by atoms with Gasteiger partial charge in [0.1, 0.15) is 5.82 Å². The Labute approximate surface area is 161 Å². The summed E-state index contributed by atoms with van der Waals surface area (Å²) in [5.74, 6) is 0.235. The van der Waals surface area contributed by atoms with Gasteiger partial charge in [-0.1, -0.05) is 29.3 Å². The van der Waals surface area contributed by atoms with Crippen molar-refractivity contribution >= 4 is 29.1 Å². The van der Waals surface area contributed by atoms with Crippen molar-refractivity contribution < 1.29 is 18.7 Å². The molecule has 0 saturated carbocycles. The average molecular weight is 398 g/mol. The van der Waals surface area contributed by atoms with Gasteiger partial charge in [-0.05, 0) is 42.7 Å². The molecule has 1 amide bonds. The van der Waals surface area contributed by atoms with E-state index >= 15 is 0 Å². The highest BCUT2D eigenvalue weighted by Crippen LogP contribution is 2.38. The number of carbonyl (C=O) groups excluding carboxylic acids is 1. The van der Waals surface area contributed by atoms with Gasteiger partial charge < -0.3 is 14.4 Å². The van der Waals surface area contributed by atoms with Gasteiger partial charge in [-0.25, -0.2) is 4.39 Å². The number of methoxy groups -OCH3 is 2. The van der Waals surface area contributed by atoms with Gasteiger partial charge in [-0.15, -0.1) is 0 Å². The summed E-state index contributed by atoms with van der Waals surface area (Å²) < 4.78 is 24.4. The van der Waals surface area contributed by atoms with Gasteiger partial charge in [0, 0.05) is 6.54 Å². The lowest BCUT2D eigenvalue weighted by Crippen LogP contribution is -2.31. The molecule has 138 valence electrons. The van der Waals surface area contributed by atoms with Crippen molar-refractivity contribution in [3.05, 3.63) is 57.3 Å². The zero-order valence-electron chi connectivity index (χ0n) is 14.4. The molecule has 0 aliphatic carbocycles. The molecule has 0 aromatic heterocycles. The van der Waals surface area contributed by atoms with Crippen LogP contribution in [-0.2, 0) is 0 Å². The molecule has 1 aliphatic heterocycles. The van der Waals surface area contributed by atoms with Gasteiger partial charge in [-0.3, -0.25) is 4.79 Å². The second-order valence-corrected chi connectivity index (χ2v) is 6.83. The van der Waals surface area contributed by atoms with E-state index in [0.29, 0.717) is 18.0 Å². The van der Waals surface area contributed by atoms with E-state index < -0.39 is 5.82 Å². The number of benzene rings is 2. The lowest BCUT2D eigenvalue weighted by Gasteiger charge is -2.26. The molecule has 26 heavy (non-hydrogen) atoms. The molecule has 1 atom stereocenters. The van der Waals surface area contributed by atoms with Gasteiger partial charge >= 0.3 is 0 Å². The summed E-state index contributed by atoms with van der Waals surface area (Å²) in [7, 11) is 3.13. The number of amides is 1. The SMILES string of the molecule is COc1ccc(C2CCCN2C(=O)c2cc(F)c(Cl)cc2Cl)cc1OC. The van der Waals surface area contributed by atoms with Crippen LogP contribution in [0.25, 0.3) is 0 Å². The Balaban J connectivity index is 1.93. The fourth-order valence-corrected chi connectivity index (χ4v) is 3.72. The molecule has 1 saturated heterocycles. The van der Waals surface area contributed by atoms with Crippen LogP contribution in [0.3, 0.4) is 0 Å². The number of hydrogen-bond acceptors (Lipinski definition) is 3. The standard InChI is InChI=1S/C19H18Cl2FNO3/c1-25-17-6-5-11(8-18(17)26-2)16-4-3-7-23(16)19(24)12-9-15(22)14(21)10-13(12)20/h5-6,8-10,16H,3-4,7H2,1-2H3. The van der Waals surface area contributed by atoms with Gasteiger partial charge in [-0.2, -0.15) is 0 Å². The number of hydrogen-bond donors (Lipinski definition) is 0. The summed E-state index contributed by atoms with van der Waals surface area (Å²) in [6.07, 6.45) is 1.65. The van der Waals surface area contributed by atoms with E-state index in [4.69, 9.17) is 32.7 Å². The van der Waals surface area contributed by atoms with E-state index in [9.17, 15) is 9.18 Å². The second-order valence-electron chi connectivity index (χ2n) is 6.02. The Morgan fingerprint density at radius 3 is 2.54 bits per heavy atom. The van der Waals surface area contributed by atoms with Crippen LogP contribution >= 0.6 is 23.2 Å². The maximum Gasteiger partial charge on any atom is 0.255 e. The topological polar surface area (TPSA) is 38.8 Å². The number of rotatable bonds is 4. The first-order chi connectivity index (χ1) is 12.5. The lowest BCUT2D eigenvalue weighted by atomic mass is 10.0. The van der Waals surface area contributed by atoms with Crippen molar-refractivity contribution in [1.29, 1.82) is 0 Å². The van der Waals surface area contributed by atoms with Gasteiger partial charge in [0.2, 0.25) is 0 Å². The van der Waals surface area contributed by atoms with Crippen LogP contribution in [0, 0.1) is 5.82 Å². The number of halogens is 3. The van der Waals surface area contributed by atoms with E-state index in [-0.39, 0.29) is 27.6 Å². The van der Waals surface area contributed by atoms with E-state index in [1.807, 2.05) is 18.2 Å². The predicted molar refractivity (Wildman–Crippen MR) is 99.0 cm³/mol. The fraction of sp³-hybridized carbons (Fsp3) is 0.316. The third-order valence-electron chi connectivity index (χ3n) is 4.55. The number of carbonyl (C=O) groups is 1. The summed E-state index contributed by atoms with van der Waals surface area (Å²) in [6.45, 7) is 0.568. The van der Waals surface area contributed by atoms with Crippen molar-refractivity contribution in [3.8, 4) is 11.5 Å². The van der Waals surface area contributed by atoms with E-state index in [1.54, 1.807) is 19.1 Å². The van der Waals surface area contributed by atoms with Gasteiger partial charge in [0.15, 0.2) is 11.5 Å². The Kier molecular flexibility index (Phi) is 5.58. The Bertz CT molecular complexity index is 844. The molecule has 1 aliphatic rings. The Morgan fingerprint density at radius 1 is 1.12 bits per heavy atom. The third-order valence-corrected chi connectivity index (χ3v) is 5.15. The van der Waals surface area contributed by atoms with Crippen LogP contribution in [0.5, 0.6) is 11.5 Å². The number of likely N-dealkylation sites (tertiary alicyclic amines) is 1. The molecule has 2 aromatic rings. The molecule has 7 heteroatoms. The molecule has 0 spiro atoms. The van der Waals surface area contributed by atoms with Crippen molar-refractivity contribution in [2.75, 3.05) is 20.8 Å². The molecule has 4 nitrogen and oxygen atoms in total. The van der Waals surface area contributed by atoms with Crippen LogP contribution < -0.4 is 9.47 Å². The van der Waals surface area contributed by atoms with Crippen LogP contribution in [0.2, 0.25) is 10.0 Å². The molecular weight excluding hydrogens is 380 g/mol. The molecule has 1 unspecified atom stereocenters. The predicted octanol–water partition coefficient (Wildman–Crippen LogP) is 5.13. The summed E-state index contributed by atoms with van der Waals surface area (Å²) in [6, 6.07) is 7.78. The minimum atomic E-state index is -0.665. The molecule has 3 rings (SSSR count). The maximum absolute atomic E-state index is 13.8. The highest BCUT2D eigenvalue weighted by Gasteiger charge is 2.32. The summed E-state index contributed by atoms with van der Waals surface area (Å²) >= 11 is 11.8. The molecule has 0 radical (unpaired) electrons. The normalized spacial score (nSPS) is 16.7. The number of ether oxygens (including phenoxy) is 2. The minimum Gasteiger partial charge on any atom is -0.493 e. The average Bonchev–Trinajstić information content (AvgIpc) is 3.13. The zero-order chi connectivity index (χ0) is 18.8. The Hall–Kier alpha value is -1.98. The first-order valence-corrected chi connectivity index (χ1v) is 8.89. The molecule has 2 aromatic carbocycles. The first-order valence-electron chi connectivity index (χ1n) is 8.13. The fourth-order valence-electron chi connectivity index (χ4n) is 3.26. The van der Waals surface area contributed by atoms with E-state index in [2.05, 4.69) is 0 Å². The molecular formula is C19H18Cl2FNO3. The highest BCUT2D eigenvalue weighted by molar-refractivity contribution is 6.36. The third kappa shape index (κ3) is 3.46. The largest absolute Gasteiger partial charge is 0.493 e. The van der Waals surface area contributed by atoms with Crippen molar-refractivity contribution in [1.82, 2.24) is 4.90 Å². The van der Waals surface area contributed by atoms with E-state index in [1.165, 1.54) is 6.07 Å². The minimum absolute atomic E-state index is 0.107. The highest BCUT2D eigenvalue weighted by atomic mass is 35.5. The monoisotopic (exact) mass is 397 g/mol. The first kappa shape index (κ1) is 18.8. The summed E-state index contributed by atoms with van der Waals surface area (Å²) in [5, 5.41) is 0.0313. The zero-order valence-corrected chi connectivity index (χ0v) is 15.9. The van der Waals surface area contributed by atoms with E-state index in [0.717, 1.165) is 24.5 Å². The van der Waals surface area contributed by atoms with Crippen molar-refractivity contribution in [2.24, 2.45) is 0 Å². The summed E-state index contributed by atoms with van der Waals surface area (Å²) in [4.78, 5) is 14.7. The molecule has 0 bridgehead atoms. The number of nitrogens with zero attached hydrogens (tertiary/aromatic N) is 1.